The molecule has 0 N–H and O–H groups in total. The molecule has 4 nitrogen and oxygen atoms in total. The summed E-state index contributed by atoms with van der Waals surface area (Å²) >= 11 is 6.33. The molecule has 1 aliphatic carbocycles. The number of rotatable bonds is 3. The topological polar surface area (TPSA) is 28.1 Å². The van der Waals surface area contributed by atoms with Crippen LogP contribution in [0.2, 0.25) is 5.02 Å². The molecule has 1 fully saturated rings. The van der Waals surface area contributed by atoms with Crippen molar-refractivity contribution in [3.05, 3.63) is 83.5 Å². The third-order valence-corrected chi connectivity index (χ3v) is 7.25. The minimum Gasteiger partial charge on any atom is -0.490 e. The molecule has 1 aliphatic heterocycles. The summed E-state index contributed by atoms with van der Waals surface area (Å²) in [5.74, 6) is 2.44. The van der Waals surface area contributed by atoms with Gasteiger partial charge in [0.2, 0.25) is 0 Å². The van der Waals surface area contributed by atoms with Crippen LogP contribution in [-0.4, -0.2) is 37.5 Å². The molecule has 0 aromatic heterocycles. The predicted molar refractivity (Wildman–Crippen MR) is 143 cm³/mol. The van der Waals surface area contributed by atoms with Gasteiger partial charge in [-0.15, -0.1) is 0 Å². The molecule has 34 heavy (non-hydrogen) atoms. The zero-order chi connectivity index (χ0) is 23.7. The maximum Gasteiger partial charge on any atom is 0.120 e. The van der Waals surface area contributed by atoms with E-state index in [1.807, 2.05) is 13.1 Å². The van der Waals surface area contributed by atoms with Gasteiger partial charge in [-0.25, -0.2) is 0 Å². The number of halogens is 1. The van der Waals surface area contributed by atoms with Crippen LogP contribution in [0, 0.1) is 5.92 Å². The summed E-state index contributed by atoms with van der Waals surface area (Å²) in [6.45, 7) is 6.07. The van der Waals surface area contributed by atoms with Crippen molar-refractivity contribution in [2.75, 3.05) is 25.5 Å². The average molecular weight is 474 g/mol. The highest BCUT2D eigenvalue weighted by Crippen LogP contribution is 2.36. The first-order valence-corrected chi connectivity index (χ1v) is 12.5. The van der Waals surface area contributed by atoms with E-state index in [2.05, 4.69) is 78.0 Å². The molecule has 5 rings (SSSR count). The van der Waals surface area contributed by atoms with E-state index >= 15 is 0 Å². The molecule has 0 saturated heterocycles. The molecule has 3 aromatic rings. The molecule has 1 saturated carbocycles. The van der Waals surface area contributed by atoms with Gasteiger partial charge in [-0.1, -0.05) is 48.5 Å². The van der Waals surface area contributed by atoms with Gasteiger partial charge in [0.05, 0.1) is 11.8 Å². The number of aliphatic imine (C=N–C) groups is 1. The fourth-order valence-electron chi connectivity index (χ4n) is 5.42. The Morgan fingerprint density at radius 1 is 0.971 bits per heavy atom. The van der Waals surface area contributed by atoms with E-state index in [-0.39, 0.29) is 6.10 Å². The minimum absolute atomic E-state index is 0.236. The first kappa shape index (κ1) is 22.9. The maximum absolute atomic E-state index is 6.40. The molecule has 5 heteroatoms. The number of ether oxygens (including phenoxy) is 1. The fourth-order valence-corrected chi connectivity index (χ4v) is 5.62. The van der Waals surface area contributed by atoms with Crippen LogP contribution in [-0.2, 0) is 6.54 Å². The van der Waals surface area contributed by atoms with Crippen LogP contribution < -0.4 is 9.64 Å². The van der Waals surface area contributed by atoms with E-state index in [0.717, 1.165) is 66.8 Å². The van der Waals surface area contributed by atoms with Gasteiger partial charge >= 0.3 is 0 Å². The number of amidine groups is 1. The lowest BCUT2D eigenvalue weighted by atomic mass is 9.85. The summed E-state index contributed by atoms with van der Waals surface area (Å²) in [5.41, 5.74) is 3.41. The normalized spacial score (nSPS) is 21.9. The first-order valence-electron chi connectivity index (χ1n) is 12.1. The number of likely N-dealkylation sites (N-methyl/N-ethyl adjacent to an activating group) is 1. The molecule has 0 unspecified atom stereocenters. The van der Waals surface area contributed by atoms with Crippen molar-refractivity contribution in [1.82, 2.24) is 4.90 Å². The maximum atomic E-state index is 6.40. The van der Waals surface area contributed by atoms with E-state index in [1.54, 1.807) is 0 Å². The monoisotopic (exact) mass is 473 g/mol. The Balaban J connectivity index is 1.31. The summed E-state index contributed by atoms with van der Waals surface area (Å²) < 4.78 is 6.40. The smallest absolute Gasteiger partial charge is 0.120 e. The molecule has 2 aliphatic rings. The van der Waals surface area contributed by atoms with Crippen LogP contribution in [0.3, 0.4) is 0 Å². The van der Waals surface area contributed by atoms with Crippen molar-refractivity contribution in [3.8, 4) is 5.75 Å². The molecular formula is C29H32ClN3O. The second-order valence-electron chi connectivity index (χ2n) is 9.53. The second kappa shape index (κ2) is 9.81. The van der Waals surface area contributed by atoms with E-state index in [9.17, 15) is 0 Å². The van der Waals surface area contributed by atoms with Crippen LogP contribution in [0.1, 0.15) is 31.2 Å². The first-order chi connectivity index (χ1) is 16.5. The quantitative estimate of drug-likeness (QED) is 0.305. The molecule has 0 atom stereocenters. The van der Waals surface area contributed by atoms with E-state index in [4.69, 9.17) is 21.3 Å². The Kier molecular flexibility index (Phi) is 6.62. The molecule has 1 heterocycles. The van der Waals surface area contributed by atoms with Gasteiger partial charge in [0.1, 0.15) is 11.6 Å². The Morgan fingerprint density at radius 2 is 1.74 bits per heavy atom. The number of hydrogen-bond donors (Lipinski definition) is 0. The van der Waals surface area contributed by atoms with Crippen LogP contribution in [0.15, 0.2) is 77.9 Å². The minimum atomic E-state index is 0.236. The molecule has 0 spiro atoms. The van der Waals surface area contributed by atoms with Crippen molar-refractivity contribution < 1.29 is 4.74 Å². The molecule has 0 radical (unpaired) electrons. The molecular weight excluding hydrogens is 442 g/mol. The zero-order valence-corrected chi connectivity index (χ0v) is 20.8. The molecule has 0 amide bonds. The van der Waals surface area contributed by atoms with Crippen molar-refractivity contribution in [2.24, 2.45) is 10.9 Å². The number of fused-ring (bicyclic) bond motifs is 2. The van der Waals surface area contributed by atoms with Crippen molar-refractivity contribution in [2.45, 2.75) is 38.3 Å². The molecule has 176 valence electrons. The number of anilines is 1. The largest absolute Gasteiger partial charge is 0.490 e. The van der Waals surface area contributed by atoms with E-state index in [0.29, 0.717) is 5.92 Å². The SMILES string of the molecule is C=C1CN(C)Cc2cc(Cl)ccc2N1C(=NC)C1CCC(Oc2ccc3ccccc3c2)CC1. The molecule has 3 aromatic carbocycles. The van der Waals surface area contributed by atoms with Crippen molar-refractivity contribution in [1.29, 1.82) is 0 Å². The Labute approximate surface area is 207 Å². The van der Waals surface area contributed by atoms with Gasteiger partial charge in [0.25, 0.3) is 0 Å². The van der Waals surface area contributed by atoms with Crippen LogP contribution in [0.25, 0.3) is 10.8 Å². The summed E-state index contributed by atoms with van der Waals surface area (Å²) in [5, 5.41) is 3.23. The summed E-state index contributed by atoms with van der Waals surface area (Å²) in [6, 6.07) is 21.0. The van der Waals surface area contributed by atoms with Crippen LogP contribution in [0.5, 0.6) is 5.75 Å². The van der Waals surface area contributed by atoms with Gasteiger partial charge in [-0.05, 0) is 79.4 Å². The number of benzene rings is 3. The lowest BCUT2D eigenvalue weighted by Crippen LogP contribution is -2.40. The highest BCUT2D eigenvalue weighted by atomic mass is 35.5. The third-order valence-electron chi connectivity index (χ3n) is 7.01. The number of hydrogen-bond acceptors (Lipinski definition) is 3. The van der Waals surface area contributed by atoms with Crippen LogP contribution >= 0.6 is 11.6 Å². The highest BCUT2D eigenvalue weighted by Gasteiger charge is 2.32. The lowest BCUT2D eigenvalue weighted by molar-refractivity contribution is 0.144. The van der Waals surface area contributed by atoms with Gasteiger partial charge in [0, 0.05) is 36.8 Å². The van der Waals surface area contributed by atoms with Gasteiger partial charge in [-0.2, -0.15) is 0 Å². The summed E-state index contributed by atoms with van der Waals surface area (Å²) in [6.07, 6.45) is 4.37. The average Bonchev–Trinajstić information content (AvgIpc) is 2.95. The van der Waals surface area contributed by atoms with E-state index < -0.39 is 0 Å². The highest BCUT2D eigenvalue weighted by molar-refractivity contribution is 6.30. The zero-order valence-electron chi connectivity index (χ0n) is 20.0. The fraction of sp³-hybridized carbons (Fsp3) is 0.345. The molecule has 0 bridgehead atoms. The summed E-state index contributed by atoms with van der Waals surface area (Å²) in [4.78, 5) is 9.37. The third kappa shape index (κ3) is 4.70. The second-order valence-corrected chi connectivity index (χ2v) is 9.97. The van der Waals surface area contributed by atoms with Gasteiger partial charge in [-0.3, -0.25) is 9.89 Å². The van der Waals surface area contributed by atoms with Crippen molar-refractivity contribution in [3.63, 3.8) is 0 Å². The Morgan fingerprint density at radius 3 is 2.50 bits per heavy atom. The lowest BCUT2D eigenvalue weighted by Gasteiger charge is -2.36. The standard InChI is InChI=1S/C29H32ClN3O/c1-20-18-32(3)19-24-16-25(30)11-15-28(24)33(20)29(31-2)22-9-12-26(13-10-22)34-27-14-8-21-6-4-5-7-23(21)17-27/h4-8,11,14-17,22,26H,1,9-10,12-13,18-19H2,2-3H3. The Bertz CT molecular complexity index is 1230. The van der Waals surface area contributed by atoms with Crippen LogP contribution in [0.4, 0.5) is 5.69 Å². The van der Waals surface area contributed by atoms with Gasteiger partial charge in [0.15, 0.2) is 0 Å². The predicted octanol–water partition coefficient (Wildman–Crippen LogP) is 6.92. The van der Waals surface area contributed by atoms with Gasteiger partial charge < -0.3 is 9.64 Å². The van der Waals surface area contributed by atoms with E-state index in [1.165, 1.54) is 16.3 Å². The Hall–Kier alpha value is -2.82. The van der Waals surface area contributed by atoms with Crippen molar-refractivity contribution >= 4 is 33.9 Å². The number of nitrogens with zero attached hydrogens (tertiary/aromatic N) is 3. The summed E-state index contributed by atoms with van der Waals surface area (Å²) in [7, 11) is 4.03.